The number of hydrazone groups is 1. The summed E-state index contributed by atoms with van der Waals surface area (Å²) >= 11 is 5.32. The zero-order chi connectivity index (χ0) is 25.3. The van der Waals surface area contributed by atoms with E-state index in [1.54, 1.807) is 6.20 Å². The van der Waals surface area contributed by atoms with Gasteiger partial charge in [-0.05, 0) is 101 Å². The molecule has 5 saturated carbocycles. The molecule has 4 bridgehead atoms. The van der Waals surface area contributed by atoms with Crippen molar-refractivity contribution >= 4 is 23.0 Å². The van der Waals surface area contributed by atoms with Gasteiger partial charge in [-0.2, -0.15) is 24.7 Å². The summed E-state index contributed by atoms with van der Waals surface area (Å²) in [5.74, 6) is 1.08. The van der Waals surface area contributed by atoms with Crippen LogP contribution in [-0.4, -0.2) is 46.5 Å². The Hall–Kier alpha value is -1.69. The van der Waals surface area contributed by atoms with Crippen molar-refractivity contribution in [3.63, 3.8) is 0 Å². The lowest BCUT2D eigenvalue weighted by molar-refractivity contribution is -0.680. The van der Waals surface area contributed by atoms with Crippen LogP contribution >= 0.6 is 12.2 Å². The summed E-state index contributed by atoms with van der Waals surface area (Å²) in [6.45, 7) is 3.58. The van der Waals surface area contributed by atoms with Gasteiger partial charge in [-0.15, -0.1) is 0 Å². The van der Waals surface area contributed by atoms with Gasteiger partial charge >= 0.3 is 0 Å². The quantitative estimate of drug-likeness (QED) is 0.159. The molecule has 0 aromatic carbocycles. The third kappa shape index (κ3) is 5.42. The molecular formula is C27H39N5O4S. The number of aromatic nitrogens is 1. The van der Waals surface area contributed by atoms with E-state index in [1.165, 1.54) is 32.1 Å². The van der Waals surface area contributed by atoms with Crippen LogP contribution in [0.5, 0.6) is 0 Å². The molecule has 0 radical (unpaired) electrons. The van der Waals surface area contributed by atoms with Crippen molar-refractivity contribution in [1.82, 2.24) is 21.0 Å². The number of thiocarbonyl (C=S) groups is 1. The average molecular weight is 530 g/mol. The van der Waals surface area contributed by atoms with Gasteiger partial charge < -0.3 is 10.6 Å². The maximum absolute atomic E-state index is 6.16. The molecule has 5 aliphatic carbocycles. The largest absolute Gasteiger partial charge is 0.361 e. The van der Waals surface area contributed by atoms with E-state index in [4.69, 9.17) is 31.8 Å². The summed E-state index contributed by atoms with van der Waals surface area (Å²) in [5.41, 5.74) is 4.50. The molecule has 9 nitrogen and oxygen atoms in total. The Labute approximate surface area is 224 Å². The number of hydrogen-bond donors (Lipinski definition) is 3. The fraction of sp³-hybridized carbons (Fsp3) is 0.741. The van der Waals surface area contributed by atoms with E-state index in [0.29, 0.717) is 23.0 Å². The smallest absolute Gasteiger partial charge is 0.239 e. The highest BCUT2D eigenvalue weighted by atomic mass is 32.1. The Kier molecular flexibility index (Phi) is 7.48. The summed E-state index contributed by atoms with van der Waals surface area (Å²) in [6, 6.07) is 6.17. The van der Waals surface area contributed by atoms with Crippen molar-refractivity contribution in [2.75, 3.05) is 13.1 Å². The van der Waals surface area contributed by atoms with Crippen LogP contribution in [0.25, 0.3) is 0 Å². The zero-order valence-electron chi connectivity index (χ0n) is 21.6. The van der Waals surface area contributed by atoms with Gasteiger partial charge in [0.2, 0.25) is 11.6 Å². The SMILES string of the molecule is CC(=NNC(=S)NCCCNC1CCC2(CC1)OOC1(OO2)[C@H]2C[C@@H]3C[C@@H](C[C@H]1C3)C2)c1ccccn1. The highest BCUT2D eigenvalue weighted by Crippen LogP contribution is 2.61. The standard InChI is InChI=1S/C27H39N5O4S/c1-18(24-5-2-3-10-29-24)31-32-25(37)30-12-4-11-28-23-6-8-26(9-7-23)33-35-27(36-34-26)21-14-19-13-20(16-21)17-22(27)15-19/h2-3,5,10,19-23,28H,4,6-9,11-17H2,1H3,(H2,30,32,37)/t19-,20+,21-,22+,23?,26?,27?. The molecule has 1 aromatic rings. The first-order valence-corrected chi connectivity index (χ1v) is 14.4. The van der Waals surface area contributed by atoms with Crippen LogP contribution < -0.4 is 16.1 Å². The first-order chi connectivity index (χ1) is 18.0. The van der Waals surface area contributed by atoms with Gasteiger partial charge in [0.05, 0.1) is 11.4 Å². The van der Waals surface area contributed by atoms with Crippen LogP contribution in [0.3, 0.4) is 0 Å². The fourth-order valence-electron chi connectivity index (χ4n) is 7.26. The number of hydrogen-bond acceptors (Lipinski definition) is 8. The molecule has 37 heavy (non-hydrogen) atoms. The number of rotatable bonds is 7. The second kappa shape index (κ2) is 10.8. The minimum atomic E-state index is -0.759. The van der Waals surface area contributed by atoms with Crippen LogP contribution in [0.2, 0.25) is 0 Å². The Bertz CT molecular complexity index is 944. The van der Waals surface area contributed by atoms with E-state index in [1.807, 2.05) is 25.1 Å². The second-order valence-corrected chi connectivity index (χ2v) is 12.0. The molecule has 1 aliphatic heterocycles. The molecule has 1 saturated heterocycles. The Morgan fingerprint density at radius 3 is 2.35 bits per heavy atom. The van der Waals surface area contributed by atoms with E-state index in [9.17, 15) is 0 Å². The summed E-state index contributed by atoms with van der Waals surface area (Å²) < 4.78 is 0. The number of pyridine rings is 1. The first-order valence-electron chi connectivity index (χ1n) is 14.0. The minimum Gasteiger partial charge on any atom is -0.361 e. The Balaban J connectivity index is 0.867. The molecule has 6 fully saturated rings. The molecule has 2 spiro atoms. The molecule has 0 unspecified atom stereocenters. The number of nitrogens with zero attached hydrogens (tertiary/aromatic N) is 2. The van der Waals surface area contributed by atoms with E-state index in [0.717, 1.165) is 68.4 Å². The lowest BCUT2D eigenvalue weighted by Gasteiger charge is -2.60. The first kappa shape index (κ1) is 25.6. The van der Waals surface area contributed by atoms with Crippen LogP contribution in [0.1, 0.15) is 76.8 Å². The van der Waals surface area contributed by atoms with Gasteiger partial charge in [0, 0.05) is 43.5 Å². The monoisotopic (exact) mass is 529 g/mol. The second-order valence-electron chi connectivity index (χ2n) is 11.6. The summed E-state index contributed by atoms with van der Waals surface area (Å²) in [5, 5.41) is 11.7. The normalized spacial score (nSPS) is 38.7. The Morgan fingerprint density at radius 1 is 1.00 bits per heavy atom. The van der Waals surface area contributed by atoms with Crippen LogP contribution in [0.4, 0.5) is 0 Å². The van der Waals surface area contributed by atoms with Gasteiger partial charge in [-0.3, -0.25) is 10.4 Å². The molecule has 202 valence electrons. The van der Waals surface area contributed by atoms with Crippen LogP contribution in [0, 0.1) is 23.7 Å². The van der Waals surface area contributed by atoms with Crippen molar-refractivity contribution < 1.29 is 19.6 Å². The lowest BCUT2D eigenvalue weighted by Crippen LogP contribution is -2.65. The summed E-state index contributed by atoms with van der Waals surface area (Å²) in [6.07, 6.45) is 12.3. The zero-order valence-corrected chi connectivity index (χ0v) is 22.4. The molecule has 1 aromatic heterocycles. The van der Waals surface area contributed by atoms with Crippen LogP contribution in [-0.2, 0) is 19.6 Å². The molecular weight excluding hydrogens is 490 g/mol. The van der Waals surface area contributed by atoms with Gasteiger partial charge in [-0.1, -0.05) is 6.07 Å². The molecule has 3 N–H and O–H groups in total. The summed E-state index contributed by atoms with van der Waals surface area (Å²) in [7, 11) is 0. The predicted molar refractivity (Wildman–Crippen MR) is 142 cm³/mol. The van der Waals surface area contributed by atoms with Crippen molar-refractivity contribution in [2.24, 2.45) is 28.8 Å². The maximum atomic E-state index is 6.16. The van der Waals surface area contributed by atoms with Crippen molar-refractivity contribution in [3.05, 3.63) is 30.1 Å². The highest BCUT2D eigenvalue weighted by Gasteiger charge is 2.64. The van der Waals surface area contributed by atoms with E-state index < -0.39 is 11.6 Å². The molecule has 0 atom stereocenters. The predicted octanol–water partition coefficient (Wildman–Crippen LogP) is 3.95. The van der Waals surface area contributed by atoms with Crippen LogP contribution in [0.15, 0.2) is 29.5 Å². The average Bonchev–Trinajstić information content (AvgIpc) is 2.92. The van der Waals surface area contributed by atoms with Crippen molar-refractivity contribution in [3.8, 4) is 0 Å². The van der Waals surface area contributed by atoms with E-state index >= 15 is 0 Å². The molecule has 2 heterocycles. The van der Waals surface area contributed by atoms with Gasteiger partial charge in [0.1, 0.15) is 0 Å². The molecule has 7 rings (SSSR count). The third-order valence-corrected chi connectivity index (χ3v) is 9.34. The van der Waals surface area contributed by atoms with Crippen molar-refractivity contribution in [2.45, 2.75) is 88.7 Å². The van der Waals surface area contributed by atoms with E-state index in [-0.39, 0.29) is 0 Å². The van der Waals surface area contributed by atoms with Gasteiger partial charge in [-0.25, -0.2) is 0 Å². The molecule has 0 amide bonds. The maximum Gasteiger partial charge on any atom is 0.239 e. The third-order valence-electron chi connectivity index (χ3n) is 9.10. The van der Waals surface area contributed by atoms with E-state index in [2.05, 4.69) is 26.1 Å². The lowest BCUT2D eigenvalue weighted by atomic mass is 9.53. The topological polar surface area (TPSA) is 98.3 Å². The Morgan fingerprint density at radius 2 is 1.70 bits per heavy atom. The van der Waals surface area contributed by atoms with Gasteiger partial charge in [0.25, 0.3) is 0 Å². The molecule has 6 aliphatic rings. The number of nitrogens with one attached hydrogen (secondary N) is 3. The summed E-state index contributed by atoms with van der Waals surface area (Å²) in [4.78, 5) is 28.7. The molecule has 10 heteroatoms. The van der Waals surface area contributed by atoms with Crippen molar-refractivity contribution in [1.29, 1.82) is 0 Å². The highest BCUT2D eigenvalue weighted by molar-refractivity contribution is 7.80. The fourth-order valence-corrected chi connectivity index (χ4v) is 7.40. The van der Waals surface area contributed by atoms with Gasteiger partial charge in [0.15, 0.2) is 5.11 Å². The minimum absolute atomic E-state index is 0.410.